The van der Waals surface area contributed by atoms with Gasteiger partial charge in [-0.1, -0.05) is 0 Å². The minimum absolute atomic E-state index is 0.0907. The Morgan fingerprint density at radius 1 is 1.65 bits per heavy atom. The van der Waals surface area contributed by atoms with Crippen molar-refractivity contribution in [3.8, 4) is 0 Å². The number of cyclic esters (lactones) is 1. The summed E-state index contributed by atoms with van der Waals surface area (Å²) in [5.41, 5.74) is 10.4. The van der Waals surface area contributed by atoms with Crippen molar-refractivity contribution < 1.29 is 22.5 Å². The average Bonchev–Trinajstić information content (AvgIpc) is 2.65. The number of likely N-dealkylation sites (N-methyl/N-ethyl adjacent to an activating group) is 1. The van der Waals surface area contributed by atoms with Crippen LogP contribution in [0.1, 0.15) is 6.92 Å². The minimum Gasteiger partial charge on any atom is -0.442 e. The van der Waals surface area contributed by atoms with Crippen LogP contribution in [-0.2, 0) is 15.0 Å². The fourth-order valence-electron chi connectivity index (χ4n) is 1.69. The molecular formula is C9H19N5O5S. The first-order valence-corrected chi connectivity index (χ1v) is 7.22. The monoisotopic (exact) mass is 309 g/mol. The Kier molecular flexibility index (Phi) is 5.14. The van der Waals surface area contributed by atoms with Crippen molar-refractivity contribution in [2.45, 2.75) is 19.1 Å². The largest absolute Gasteiger partial charge is 0.442 e. The summed E-state index contributed by atoms with van der Waals surface area (Å²) >= 11 is 0. The Morgan fingerprint density at radius 3 is 2.75 bits per heavy atom. The van der Waals surface area contributed by atoms with Crippen LogP contribution in [0, 0.1) is 0 Å². The van der Waals surface area contributed by atoms with Crippen molar-refractivity contribution in [3.63, 3.8) is 0 Å². The van der Waals surface area contributed by atoms with Crippen LogP contribution >= 0.6 is 0 Å². The zero-order chi connectivity index (χ0) is 15.5. The number of amides is 1. The topological polar surface area (TPSA) is 152 Å². The van der Waals surface area contributed by atoms with E-state index in [9.17, 15) is 13.2 Å². The van der Waals surface area contributed by atoms with Crippen LogP contribution in [0.3, 0.4) is 0 Å². The van der Waals surface area contributed by atoms with Crippen molar-refractivity contribution in [1.82, 2.24) is 9.21 Å². The molecule has 0 saturated carbocycles. The molecule has 0 radical (unpaired) electrons. The smallest absolute Gasteiger partial charge is 0.410 e. The van der Waals surface area contributed by atoms with Crippen molar-refractivity contribution >= 4 is 22.4 Å². The lowest BCUT2D eigenvalue weighted by Gasteiger charge is -2.24. The maximum absolute atomic E-state index is 11.6. The number of aliphatic imine (C=N–C) groups is 1. The molecule has 1 rings (SSSR count). The second kappa shape index (κ2) is 6.24. The summed E-state index contributed by atoms with van der Waals surface area (Å²) in [6, 6.07) is -0.598. The highest BCUT2D eigenvalue weighted by atomic mass is 32.2. The van der Waals surface area contributed by atoms with Crippen LogP contribution < -0.4 is 11.5 Å². The van der Waals surface area contributed by atoms with Gasteiger partial charge < -0.3 is 21.1 Å². The van der Waals surface area contributed by atoms with Gasteiger partial charge in [-0.05, 0) is 6.92 Å². The molecule has 0 aromatic heterocycles. The van der Waals surface area contributed by atoms with E-state index in [0.717, 1.165) is 4.31 Å². The number of carbonyl (C=O) groups excluding carboxylic acids is 1. The third-order valence-electron chi connectivity index (χ3n) is 2.90. The third kappa shape index (κ3) is 4.51. The zero-order valence-electron chi connectivity index (χ0n) is 11.3. The van der Waals surface area contributed by atoms with E-state index in [1.165, 1.54) is 11.9 Å². The highest BCUT2D eigenvalue weighted by Crippen LogP contribution is 2.14. The van der Waals surface area contributed by atoms with Gasteiger partial charge in [0.15, 0.2) is 5.96 Å². The van der Waals surface area contributed by atoms with Gasteiger partial charge in [-0.3, -0.25) is 4.55 Å². The molecule has 0 spiro atoms. The molecule has 0 aliphatic carbocycles. The number of guanidine groups is 1. The third-order valence-corrected chi connectivity index (χ3v) is 3.98. The first-order valence-electron chi connectivity index (χ1n) is 5.82. The number of nitrogens with zero attached hydrogens (tertiary/aromatic N) is 3. The molecule has 0 aromatic carbocycles. The molecule has 2 atom stereocenters. The summed E-state index contributed by atoms with van der Waals surface area (Å²) in [7, 11) is -3.08. The molecule has 1 fully saturated rings. The first-order chi connectivity index (χ1) is 9.11. The molecule has 1 aliphatic rings. The lowest BCUT2D eigenvalue weighted by molar-refractivity contribution is 0.132. The fraction of sp³-hybridized carbons (Fsp3) is 0.778. The Labute approximate surface area is 117 Å². The summed E-state index contributed by atoms with van der Waals surface area (Å²) in [4.78, 5) is 16.7. The summed E-state index contributed by atoms with van der Waals surface area (Å²) in [5.74, 6) is -0.0982. The molecule has 1 aliphatic heterocycles. The van der Waals surface area contributed by atoms with Gasteiger partial charge in [0.2, 0.25) is 0 Å². The maximum atomic E-state index is 11.6. The van der Waals surface area contributed by atoms with Gasteiger partial charge in [0.05, 0.1) is 13.1 Å². The van der Waals surface area contributed by atoms with Gasteiger partial charge in [0, 0.05) is 19.6 Å². The average molecular weight is 309 g/mol. The Hall–Kier alpha value is -1.59. The van der Waals surface area contributed by atoms with Crippen molar-refractivity contribution in [3.05, 3.63) is 0 Å². The SMILES string of the molecule is CC(CN1CC(CN=C(N)N)OC1=O)N(C)S(=O)(=O)O. The minimum atomic E-state index is -4.30. The van der Waals surface area contributed by atoms with E-state index in [-0.39, 0.29) is 25.6 Å². The van der Waals surface area contributed by atoms with E-state index in [0.29, 0.717) is 0 Å². The van der Waals surface area contributed by atoms with Crippen LogP contribution in [0.4, 0.5) is 4.79 Å². The Bertz CT molecular complexity index is 489. The van der Waals surface area contributed by atoms with Gasteiger partial charge in [-0.2, -0.15) is 12.7 Å². The lowest BCUT2D eigenvalue weighted by atomic mass is 10.3. The van der Waals surface area contributed by atoms with E-state index < -0.39 is 28.5 Å². The lowest BCUT2D eigenvalue weighted by Crippen LogP contribution is -2.43. The van der Waals surface area contributed by atoms with Gasteiger partial charge in [0.1, 0.15) is 6.10 Å². The van der Waals surface area contributed by atoms with E-state index >= 15 is 0 Å². The molecule has 5 N–H and O–H groups in total. The van der Waals surface area contributed by atoms with Crippen molar-refractivity contribution in [2.75, 3.05) is 26.7 Å². The van der Waals surface area contributed by atoms with Gasteiger partial charge in [-0.15, -0.1) is 0 Å². The summed E-state index contributed by atoms with van der Waals surface area (Å²) in [6.07, 6.45) is -1.05. The molecule has 2 unspecified atom stereocenters. The zero-order valence-corrected chi connectivity index (χ0v) is 12.1. The standard InChI is InChI=1S/C9H19N5O5S/c1-6(13(2)20(16,17)18)4-14-5-7(19-9(14)15)3-12-8(10)11/h6-7H,3-5H2,1-2H3,(H4,10,11,12)(H,16,17,18). The molecule has 0 aromatic rings. The van der Waals surface area contributed by atoms with Crippen LogP contribution in [-0.4, -0.2) is 73.1 Å². The number of hydrogen-bond donors (Lipinski definition) is 3. The molecule has 1 heterocycles. The summed E-state index contributed by atoms with van der Waals surface area (Å²) < 4.78 is 36.7. The highest BCUT2D eigenvalue weighted by molar-refractivity contribution is 7.83. The van der Waals surface area contributed by atoms with Gasteiger partial charge in [0.25, 0.3) is 0 Å². The highest BCUT2D eigenvalue weighted by Gasteiger charge is 2.33. The molecule has 10 nitrogen and oxygen atoms in total. The quantitative estimate of drug-likeness (QED) is 0.297. The van der Waals surface area contributed by atoms with Crippen LogP contribution in [0.25, 0.3) is 0 Å². The number of carbonyl (C=O) groups is 1. The molecule has 20 heavy (non-hydrogen) atoms. The van der Waals surface area contributed by atoms with E-state index in [1.54, 1.807) is 6.92 Å². The normalized spacial score (nSPS) is 20.9. The molecular weight excluding hydrogens is 290 g/mol. The number of nitrogens with two attached hydrogens (primary N) is 2. The summed E-state index contributed by atoms with van der Waals surface area (Å²) in [6.45, 7) is 2.05. The second-order valence-electron chi connectivity index (χ2n) is 4.52. The predicted molar refractivity (Wildman–Crippen MR) is 71.3 cm³/mol. The van der Waals surface area contributed by atoms with Crippen molar-refractivity contribution in [1.29, 1.82) is 0 Å². The van der Waals surface area contributed by atoms with Crippen LogP contribution in [0.15, 0.2) is 4.99 Å². The molecule has 1 saturated heterocycles. The molecule has 0 bridgehead atoms. The first kappa shape index (κ1) is 16.5. The van der Waals surface area contributed by atoms with E-state index in [2.05, 4.69) is 4.99 Å². The van der Waals surface area contributed by atoms with Crippen molar-refractivity contribution in [2.24, 2.45) is 16.5 Å². The molecule has 1 amide bonds. The predicted octanol–water partition coefficient (Wildman–Crippen LogP) is -1.80. The number of hydrogen-bond acceptors (Lipinski definition) is 5. The van der Waals surface area contributed by atoms with Gasteiger partial charge >= 0.3 is 16.4 Å². The fourth-order valence-corrected chi connectivity index (χ4v) is 2.21. The maximum Gasteiger partial charge on any atom is 0.410 e. The second-order valence-corrected chi connectivity index (χ2v) is 5.99. The number of rotatable bonds is 6. The van der Waals surface area contributed by atoms with E-state index in [1.807, 2.05) is 0 Å². The Morgan fingerprint density at radius 2 is 2.25 bits per heavy atom. The van der Waals surface area contributed by atoms with Crippen LogP contribution in [0.2, 0.25) is 0 Å². The van der Waals surface area contributed by atoms with E-state index in [4.69, 9.17) is 20.8 Å². The summed E-state index contributed by atoms with van der Waals surface area (Å²) in [5, 5.41) is 0. The molecule has 11 heteroatoms. The number of ether oxygens (including phenoxy) is 1. The molecule has 116 valence electrons. The van der Waals surface area contributed by atoms with Gasteiger partial charge in [-0.25, -0.2) is 9.79 Å². The Balaban J connectivity index is 2.57. The van der Waals surface area contributed by atoms with Crippen LogP contribution in [0.5, 0.6) is 0 Å².